The van der Waals surface area contributed by atoms with Gasteiger partial charge in [-0.05, 0) is 12.8 Å². The third kappa shape index (κ3) is 6.27. The number of nitrogens with two attached hydrogens (primary N) is 1. The Balaban J connectivity index is 3.46. The summed E-state index contributed by atoms with van der Waals surface area (Å²) in [5.74, 6) is 0. The second-order valence-electron chi connectivity index (χ2n) is 2.73. The smallest absolute Gasteiger partial charge is 0.197 e. The predicted octanol–water partition coefficient (Wildman–Crippen LogP) is 1.01. The predicted molar refractivity (Wildman–Crippen MR) is 43.5 cm³/mol. The molecule has 0 rings (SSSR count). The van der Waals surface area contributed by atoms with Crippen LogP contribution in [-0.4, -0.2) is 23.8 Å². The van der Waals surface area contributed by atoms with Crippen molar-refractivity contribution in [2.45, 2.75) is 25.8 Å². The Hall–Kier alpha value is 0.150. The first kappa shape index (κ1) is 10.2. The maximum Gasteiger partial charge on any atom is 0.197 e. The Morgan fingerprint density at radius 2 is 2.20 bits per heavy atom. The van der Waals surface area contributed by atoms with E-state index >= 15 is 0 Å². The van der Waals surface area contributed by atoms with Crippen molar-refractivity contribution in [1.82, 2.24) is 0 Å². The molecule has 1 unspecified atom stereocenters. The van der Waals surface area contributed by atoms with Gasteiger partial charge in [0.2, 0.25) is 0 Å². The molecule has 62 valence electrons. The van der Waals surface area contributed by atoms with Crippen LogP contribution >= 0.6 is 7.37 Å². The lowest BCUT2D eigenvalue weighted by Crippen LogP contribution is -2.19. The summed E-state index contributed by atoms with van der Waals surface area (Å²) in [6.07, 6.45) is 1.88. The highest BCUT2D eigenvalue weighted by Crippen LogP contribution is 2.35. The van der Waals surface area contributed by atoms with Crippen LogP contribution in [0.25, 0.3) is 0 Å². The Labute approximate surface area is 62.1 Å². The van der Waals surface area contributed by atoms with Crippen LogP contribution in [0.4, 0.5) is 0 Å². The summed E-state index contributed by atoms with van der Waals surface area (Å²) in [6.45, 7) is 3.35. The highest BCUT2D eigenvalue weighted by atomic mass is 31.2. The minimum atomic E-state index is -2.81. The lowest BCUT2D eigenvalue weighted by molar-refractivity contribution is 0.478. The first-order chi connectivity index (χ1) is 4.45. The van der Waals surface area contributed by atoms with E-state index < -0.39 is 7.37 Å². The molecule has 0 saturated heterocycles. The van der Waals surface area contributed by atoms with E-state index in [1.165, 1.54) is 6.66 Å². The van der Waals surface area contributed by atoms with Gasteiger partial charge in [0.25, 0.3) is 0 Å². The topological polar surface area (TPSA) is 63.3 Å². The first-order valence-electron chi connectivity index (χ1n) is 3.50. The minimum Gasteiger partial charge on any atom is -0.344 e. The minimum absolute atomic E-state index is 0.0837. The van der Waals surface area contributed by atoms with E-state index in [9.17, 15) is 4.57 Å². The quantitative estimate of drug-likeness (QED) is 0.611. The van der Waals surface area contributed by atoms with Crippen molar-refractivity contribution in [3.8, 4) is 0 Å². The van der Waals surface area contributed by atoms with Crippen LogP contribution in [0.5, 0.6) is 0 Å². The van der Waals surface area contributed by atoms with Gasteiger partial charge in [0.1, 0.15) is 0 Å². The second-order valence-corrected chi connectivity index (χ2v) is 5.28. The molecule has 10 heavy (non-hydrogen) atoms. The Morgan fingerprint density at radius 3 is 2.50 bits per heavy atom. The first-order valence-corrected chi connectivity index (χ1v) is 5.79. The van der Waals surface area contributed by atoms with Crippen molar-refractivity contribution < 1.29 is 9.46 Å². The zero-order valence-electron chi connectivity index (χ0n) is 6.58. The average Bonchev–Trinajstić information content (AvgIpc) is 1.81. The van der Waals surface area contributed by atoms with Crippen molar-refractivity contribution in [2.75, 3.05) is 12.8 Å². The van der Waals surface area contributed by atoms with Gasteiger partial charge in [0, 0.05) is 18.9 Å². The number of rotatable bonds is 4. The molecule has 0 spiro atoms. The van der Waals surface area contributed by atoms with Crippen molar-refractivity contribution in [3.63, 3.8) is 0 Å². The summed E-state index contributed by atoms with van der Waals surface area (Å²) in [6, 6.07) is 0.0837. The molecule has 4 heteroatoms. The highest BCUT2D eigenvalue weighted by Gasteiger charge is 2.10. The standard InChI is InChI=1S/C6H16NO2P/c1-3-6(7)4-5-10(2,8)9/h6H,3-5,7H2,1-2H3,(H,8,9)/t6-/m0/s1. The fourth-order valence-corrected chi connectivity index (χ4v) is 1.42. The molecule has 0 bridgehead atoms. The van der Waals surface area contributed by atoms with E-state index in [4.69, 9.17) is 10.6 Å². The molecule has 0 aromatic rings. The van der Waals surface area contributed by atoms with Gasteiger partial charge in [-0.3, -0.25) is 4.57 Å². The molecular formula is C6H16NO2P. The van der Waals surface area contributed by atoms with E-state index in [1.54, 1.807) is 0 Å². The molecule has 0 aromatic carbocycles. The average molecular weight is 165 g/mol. The third-order valence-corrected chi connectivity index (χ3v) is 2.53. The summed E-state index contributed by atoms with van der Waals surface area (Å²) < 4.78 is 10.7. The van der Waals surface area contributed by atoms with Crippen LogP contribution in [0, 0.1) is 0 Å². The van der Waals surface area contributed by atoms with Gasteiger partial charge in [-0.25, -0.2) is 0 Å². The molecule has 0 amide bonds. The zero-order chi connectivity index (χ0) is 8.20. The highest BCUT2D eigenvalue weighted by molar-refractivity contribution is 7.57. The fourth-order valence-electron chi connectivity index (χ4n) is 0.609. The molecule has 0 aliphatic rings. The van der Waals surface area contributed by atoms with Crippen molar-refractivity contribution in [2.24, 2.45) is 5.73 Å². The van der Waals surface area contributed by atoms with Crippen molar-refractivity contribution >= 4 is 7.37 Å². The van der Waals surface area contributed by atoms with E-state index in [0.29, 0.717) is 12.6 Å². The molecule has 3 N–H and O–H groups in total. The van der Waals surface area contributed by atoms with Crippen molar-refractivity contribution in [3.05, 3.63) is 0 Å². The summed E-state index contributed by atoms with van der Waals surface area (Å²) in [7, 11) is -2.81. The van der Waals surface area contributed by atoms with Crippen LogP contribution in [0.15, 0.2) is 0 Å². The third-order valence-electron chi connectivity index (χ3n) is 1.44. The largest absolute Gasteiger partial charge is 0.344 e. The SMILES string of the molecule is CC[C@H](N)CCP(C)(=O)O. The Kier molecular flexibility index (Phi) is 4.18. The van der Waals surface area contributed by atoms with E-state index in [2.05, 4.69) is 0 Å². The molecule has 0 aliphatic carbocycles. The molecular weight excluding hydrogens is 149 g/mol. The summed E-state index contributed by atoms with van der Waals surface area (Å²) in [5, 5.41) is 0. The second kappa shape index (κ2) is 4.12. The van der Waals surface area contributed by atoms with E-state index in [-0.39, 0.29) is 6.04 Å². The summed E-state index contributed by atoms with van der Waals surface area (Å²) >= 11 is 0. The summed E-state index contributed by atoms with van der Waals surface area (Å²) in [4.78, 5) is 8.86. The summed E-state index contributed by atoms with van der Waals surface area (Å²) in [5.41, 5.74) is 5.55. The molecule has 0 heterocycles. The zero-order valence-corrected chi connectivity index (χ0v) is 7.47. The van der Waals surface area contributed by atoms with Crippen LogP contribution in [0.3, 0.4) is 0 Å². The van der Waals surface area contributed by atoms with Gasteiger partial charge in [-0.15, -0.1) is 0 Å². The number of hydrogen-bond donors (Lipinski definition) is 2. The normalized spacial score (nSPS) is 20.0. The van der Waals surface area contributed by atoms with Crippen molar-refractivity contribution in [1.29, 1.82) is 0 Å². The Morgan fingerprint density at radius 1 is 1.70 bits per heavy atom. The molecule has 3 nitrogen and oxygen atoms in total. The molecule has 0 aromatic heterocycles. The van der Waals surface area contributed by atoms with E-state index in [1.807, 2.05) is 6.92 Å². The van der Waals surface area contributed by atoms with Gasteiger partial charge in [-0.1, -0.05) is 6.92 Å². The van der Waals surface area contributed by atoms with E-state index in [0.717, 1.165) is 6.42 Å². The molecule has 0 fully saturated rings. The molecule has 2 atom stereocenters. The maximum absolute atomic E-state index is 10.7. The van der Waals surface area contributed by atoms with Gasteiger partial charge in [0.15, 0.2) is 7.37 Å². The molecule has 0 saturated carbocycles. The fraction of sp³-hybridized carbons (Fsp3) is 1.00. The van der Waals surface area contributed by atoms with Gasteiger partial charge < -0.3 is 10.6 Å². The maximum atomic E-state index is 10.7. The lowest BCUT2D eigenvalue weighted by Gasteiger charge is -2.09. The lowest BCUT2D eigenvalue weighted by atomic mass is 10.2. The van der Waals surface area contributed by atoms with Crippen LogP contribution in [0.2, 0.25) is 0 Å². The van der Waals surface area contributed by atoms with Crippen LogP contribution in [0.1, 0.15) is 19.8 Å². The Bertz CT molecular complexity index is 132. The van der Waals surface area contributed by atoms with Crippen LogP contribution < -0.4 is 5.73 Å². The molecule has 0 aliphatic heterocycles. The monoisotopic (exact) mass is 165 g/mol. The van der Waals surface area contributed by atoms with Crippen LogP contribution in [-0.2, 0) is 4.57 Å². The van der Waals surface area contributed by atoms with Gasteiger partial charge in [-0.2, -0.15) is 0 Å². The van der Waals surface area contributed by atoms with Gasteiger partial charge in [0.05, 0.1) is 0 Å². The number of hydrogen-bond acceptors (Lipinski definition) is 2. The molecule has 0 radical (unpaired) electrons. The van der Waals surface area contributed by atoms with Gasteiger partial charge >= 0.3 is 0 Å².